The molecule has 1 aliphatic heterocycles. The number of nitrogens with zero attached hydrogens (tertiary/aromatic N) is 1. The van der Waals surface area contributed by atoms with E-state index in [1.165, 1.54) is 6.07 Å². The lowest BCUT2D eigenvalue weighted by atomic mass is 9.87. The van der Waals surface area contributed by atoms with E-state index < -0.39 is 5.60 Å². The van der Waals surface area contributed by atoms with Gasteiger partial charge in [0.15, 0.2) is 0 Å². The number of methoxy groups -OCH3 is 1. The first-order valence-electron chi connectivity index (χ1n) is 7.74. The van der Waals surface area contributed by atoms with Crippen LogP contribution in [0.25, 0.3) is 0 Å². The number of amides is 2. The van der Waals surface area contributed by atoms with Gasteiger partial charge in [0.05, 0.1) is 12.1 Å². The Morgan fingerprint density at radius 3 is 2.87 bits per heavy atom. The number of likely N-dealkylation sites (tertiary alicyclic amines) is 1. The maximum atomic E-state index is 12.6. The molecule has 0 bridgehead atoms. The Labute approximate surface area is 135 Å². The van der Waals surface area contributed by atoms with Crippen molar-refractivity contribution in [3.8, 4) is 0 Å². The van der Waals surface area contributed by atoms with Crippen LogP contribution in [0.5, 0.6) is 0 Å². The molecule has 0 aliphatic carbocycles. The molecule has 0 saturated carbocycles. The van der Waals surface area contributed by atoms with Crippen LogP contribution in [0.15, 0.2) is 23.0 Å². The summed E-state index contributed by atoms with van der Waals surface area (Å²) in [7, 11) is 3.21. The first-order chi connectivity index (χ1) is 11.0. The standard InChI is InChI=1S/C16H23N3O4/c1-17-13(20)7-9-16(23-2)8-4-10-19(11-16)15(22)12-5-3-6-14(21)18-12/h3,5-6H,4,7-11H2,1-2H3,(H,17,20)(H,18,21). The van der Waals surface area contributed by atoms with E-state index in [4.69, 9.17) is 4.74 Å². The summed E-state index contributed by atoms with van der Waals surface area (Å²) in [6.07, 6.45) is 2.51. The minimum atomic E-state index is -0.518. The van der Waals surface area contributed by atoms with E-state index in [2.05, 4.69) is 10.3 Å². The number of rotatable bonds is 5. The van der Waals surface area contributed by atoms with Gasteiger partial charge in [-0.3, -0.25) is 14.4 Å². The van der Waals surface area contributed by atoms with E-state index in [1.54, 1.807) is 31.2 Å². The summed E-state index contributed by atoms with van der Waals surface area (Å²) >= 11 is 0. The second-order valence-corrected chi connectivity index (χ2v) is 5.82. The number of carbonyl (C=O) groups excluding carboxylic acids is 2. The molecule has 1 aliphatic rings. The quantitative estimate of drug-likeness (QED) is 0.827. The van der Waals surface area contributed by atoms with Gasteiger partial charge in [0.2, 0.25) is 11.5 Å². The molecule has 1 saturated heterocycles. The Hall–Kier alpha value is -2.15. The third kappa shape index (κ3) is 4.19. The Morgan fingerprint density at radius 2 is 2.22 bits per heavy atom. The Bertz CT molecular complexity index is 628. The van der Waals surface area contributed by atoms with Crippen molar-refractivity contribution in [2.45, 2.75) is 31.3 Å². The van der Waals surface area contributed by atoms with Gasteiger partial charge in [0.25, 0.3) is 5.91 Å². The minimum Gasteiger partial charge on any atom is -0.376 e. The largest absolute Gasteiger partial charge is 0.376 e. The fourth-order valence-corrected chi connectivity index (χ4v) is 2.95. The molecule has 2 heterocycles. The van der Waals surface area contributed by atoms with Crippen LogP contribution in [0, 0.1) is 0 Å². The van der Waals surface area contributed by atoms with Crippen molar-refractivity contribution in [1.82, 2.24) is 15.2 Å². The van der Waals surface area contributed by atoms with Crippen LogP contribution in [0.3, 0.4) is 0 Å². The number of hydrogen-bond acceptors (Lipinski definition) is 4. The van der Waals surface area contributed by atoms with Gasteiger partial charge in [-0.15, -0.1) is 0 Å². The second-order valence-electron chi connectivity index (χ2n) is 5.82. The van der Waals surface area contributed by atoms with Crippen LogP contribution in [0.2, 0.25) is 0 Å². The van der Waals surface area contributed by atoms with Gasteiger partial charge in [-0.05, 0) is 25.3 Å². The Balaban J connectivity index is 2.10. The van der Waals surface area contributed by atoms with E-state index >= 15 is 0 Å². The molecule has 2 N–H and O–H groups in total. The van der Waals surface area contributed by atoms with Gasteiger partial charge >= 0.3 is 0 Å². The van der Waals surface area contributed by atoms with Crippen molar-refractivity contribution >= 4 is 11.8 Å². The zero-order chi connectivity index (χ0) is 16.9. The molecular weight excluding hydrogens is 298 g/mol. The number of hydrogen-bond donors (Lipinski definition) is 2. The average molecular weight is 321 g/mol. The van der Waals surface area contributed by atoms with E-state index in [9.17, 15) is 14.4 Å². The molecule has 1 fully saturated rings. The van der Waals surface area contributed by atoms with Crippen molar-refractivity contribution in [3.63, 3.8) is 0 Å². The number of aromatic nitrogens is 1. The lowest BCUT2D eigenvalue weighted by Crippen LogP contribution is -2.52. The molecule has 0 spiro atoms. The normalized spacial score (nSPS) is 21.0. The van der Waals surface area contributed by atoms with Crippen molar-refractivity contribution in [2.75, 3.05) is 27.2 Å². The molecule has 126 valence electrons. The van der Waals surface area contributed by atoms with Gasteiger partial charge < -0.3 is 19.9 Å². The number of ether oxygens (including phenoxy) is 1. The minimum absolute atomic E-state index is 0.0442. The van der Waals surface area contributed by atoms with E-state index in [-0.39, 0.29) is 23.1 Å². The monoisotopic (exact) mass is 321 g/mol. The topological polar surface area (TPSA) is 91.5 Å². The summed E-state index contributed by atoms with van der Waals surface area (Å²) in [6.45, 7) is 1.02. The third-order valence-electron chi connectivity index (χ3n) is 4.34. The maximum absolute atomic E-state index is 12.6. The molecule has 7 heteroatoms. The summed E-state index contributed by atoms with van der Waals surface area (Å²) in [5.74, 6) is -0.263. The number of pyridine rings is 1. The summed E-state index contributed by atoms with van der Waals surface area (Å²) in [5, 5.41) is 2.60. The fourth-order valence-electron chi connectivity index (χ4n) is 2.95. The number of nitrogens with one attached hydrogen (secondary N) is 2. The van der Waals surface area contributed by atoms with E-state index in [1.807, 2.05) is 0 Å². The van der Waals surface area contributed by atoms with Crippen LogP contribution < -0.4 is 10.9 Å². The van der Waals surface area contributed by atoms with Crippen molar-refractivity contribution in [2.24, 2.45) is 0 Å². The highest BCUT2D eigenvalue weighted by atomic mass is 16.5. The van der Waals surface area contributed by atoms with Crippen LogP contribution >= 0.6 is 0 Å². The molecule has 1 unspecified atom stereocenters. The van der Waals surface area contributed by atoms with Crippen molar-refractivity contribution < 1.29 is 14.3 Å². The summed E-state index contributed by atoms with van der Waals surface area (Å²) in [4.78, 5) is 39.7. The van der Waals surface area contributed by atoms with Gasteiger partial charge in [0.1, 0.15) is 5.69 Å². The first kappa shape index (κ1) is 17.2. The summed E-state index contributed by atoms with van der Waals surface area (Å²) < 4.78 is 5.67. The molecule has 1 aromatic rings. The third-order valence-corrected chi connectivity index (χ3v) is 4.34. The predicted molar refractivity (Wildman–Crippen MR) is 85.2 cm³/mol. The van der Waals surface area contributed by atoms with E-state index in [0.29, 0.717) is 25.9 Å². The number of carbonyl (C=O) groups is 2. The molecule has 2 rings (SSSR count). The van der Waals surface area contributed by atoms with Gasteiger partial charge in [-0.1, -0.05) is 6.07 Å². The lowest BCUT2D eigenvalue weighted by Gasteiger charge is -2.41. The smallest absolute Gasteiger partial charge is 0.270 e. The molecule has 2 amide bonds. The first-order valence-corrected chi connectivity index (χ1v) is 7.74. The molecule has 0 aromatic carbocycles. The summed E-state index contributed by atoms with van der Waals surface area (Å²) in [6, 6.07) is 4.53. The predicted octanol–water partition coefficient (Wildman–Crippen LogP) is 0.522. The maximum Gasteiger partial charge on any atom is 0.270 e. The van der Waals surface area contributed by atoms with Crippen LogP contribution in [0.1, 0.15) is 36.2 Å². The zero-order valence-electron chi connectivity index (χ0n) is 13.6. The van der Waals surface area contributed by atoms with Crippen LogP contribution in [-0.2, 0) is 9.53 Å². The van der Waals surface area contributed by atoms with Gasteiger partial charge in [-0.2, -0.15) is 0 Å². The molecule has 0 radical (unpaired) electrons. The molecule has 23 heavy (non-hydrogen) atoms. The molecule has 7 nitrogen and oxygen atoms in total. The van der Waals surface area contributed by atoms with Crippen molar-refractivity contribution in [3.05, 3.63) is 34.2 Å². The number of H-pyrrole nitrogens is 1. The Morgan fingerprint density at radius 1 is 1.43 bits per heavy atom. The van der Waals surface area contributed by atoms with Gasteiger partial charge in [-0.25, -0.2) is 0 Å². The molecule has 1 atom stereocenters. The summed E-state index contributed by atoms with van der Waals surface area (Å²) in [5.41, 5.74) is -0.545. The lowest BCUT2D eigenvalue weighted by molar-refractivity contribution is -0.123. The van der Waals surface area contributed by atoms with Gasteiger partial charge in [0, 0.05) is 33.2 Å². The van der Waals surface area contributed by atoms with E-state index in [0.717, 1.165) is 12.8 Å². The van der Waals surface area contributed by atoms with Crippen LogP contribution in [-0.4, -0.2) is 54.5 Å². The highest BCUT2D eigenvalue weighted by Gasteiger charge is 2.37. The SMILES string of the molecule is CNC(=O)CCC1(OC)CCCN(C(=O)c2cccc(=O)[nH]2)C1. The number of piperidine rings is 1. The van der Waals surface area contributed by atoms with Crippen molar-refractivity contribution in [1.29, 1.82) is 0 Å². The average Bonchev–Trinajstić information content (AvgIpc) is 2.59. The fraction of sp³-hybridized carbons (Fsp3) is 0.562. The Kier molecular flexibility index (Phi) is 5.54. The highest BCUT2D eigenvalue weighted by molar-refractivity contribution is 5.92. The second kappa shape index (κ2) is 7.41. The highest BCUT2D eigenvalue weighted by Crippen LogP contribution is 2.29. The molecule has 1 aromatic heterocycles. The zero-order valence-corrected chi connectivity index (χ0v) is 13.6. The molecular formula is C16H23N3O4. The number of aromatic amines is 1. The van der Waals surface area contributed by atoms with Crippen LogP contribution in [0.4, 0.5) is 0 Å².